The van der Waals surface area contributed by atoms with Crippen LogP contribution < -0.4 is 11.3 Å². The molecule has 0 fully saturated rings. The number of pyridine rings is 1. The molecule has 1 aromatic heterocycles. The summed E-state index contributed by atoms with van der Waals surface area (Å²) in [6.45, 7) is 2.22. The van der Waals surface area contributed by atoms with E-state index in [9.17, 15) is 0 Å². The van der Waals surface area contributed by atoms with Crippen molar-refractivity contribution in [1.82, 2.24) is 10.4 Å². The van der Waals surface area contributed by atoms with Gasteiger partial charge in [-0.2, -0.15) is 0 Å². The van der Waals surface area contributed by atoms with Crippen LogP contribution in [0.2, 0.25) is 0 Å². The maximum atomic E-state index is 5.58. The molecule has 4 heteroatoms. The number of nitrogens with zero attached hydrogens (tertiary/aromatic N) is 1. The van der Waals surface area contributed by atoms with Gasteiger partial charge in [0.1, 0.15) is 0 Å². The van der Waals surface area contributed by atoms with E-state index in [2.05, 4.69) is 33.3 Å². The Kier molecular flexibility index (Phi) is 6.61. The van der Waals surface area contributed by atoms with E-state index in [1.54, 1.807) is 6.20 Å². The number of aromatic nitrogens is 1. The summed E-state index contributed by atoms with van der Waals surface area (Å²) in [6.07, 6.45) is 7.84. The molecule has 0 aliphatic heterocycles. The maximum Gasteiger partial charge on any atom is 0.0728 e. The lowest BCUT2D eigenvalue weighted by molar-refractivity contribution is 0.471. The first-order valence-corrected chi connectivity index (χ1v) is 6.65. The number of halogens is 1. The smallest absolute Gasteiger partial charge is 0.0728 e. The van der Waals surface area contributed by atoms with E-state index in [1.165, 1.54) is 25.7 Å². The predicted octanol–water partition coefficient (Wildman–Crippen LogP) is 3.32. The zero-order valence-electron chi connectivity index (χ0n) is 9.75. The van der Waals surface area contributed by atoms with E-state index in [0.717, 1.165) is 16.6 Å². The molecular weight excluding hydrogens is 266 g/mol. The standard InChI is InChI=1S/C12H20BrN3/c1-2-3-4-5-8-11(16-14)12-10(13)7-6-9-15-12/h6-7,9,11,16H,2-5,8,14H2,1H3. The highest BCUT2D eigenvalue weighted by molar-refractivity contribution is 9.10. The zero-order valence-corrected chi connectivity index (χ0v) is 11.3. The molecule has 0 radical (unpaired) electrons. The number of hydrogen-bond donors (Lipinski definition) is 2. The Morgan fingerprint density at radius 1 is 1.44 bits per heavy atom. The molecular formula is C12H20BrN3. The van der Waals surface area contributed by atoms with Gasteiger partial charge < -0.3 is 0 Å². The third-order valence-electron chi connectivity index (χ3n) is 2.66. The summed E-state index contributed by atoms with van der Waals surface area (Å²) in [5.74, 6) is 5.58. The van der Waals surface area contributed by atoms with Gasteiger partial charge in [0.25, 0.3) is 0 Å². The average molecular weight is 286 g/mol. The molecule has 1 aromatic rings. The fraction of sp³-hybridized carbons (Fsp3) is 0.583. The Hall–Kier alpha value is -0.450. The van der Waals surface area contributed by atoms with Crippen molar-refractivity contribution >= 4 is 15.9 Å². The first-order chi connectivity index (χ1) is 7.79. The van der Waals surface area contributed by atoms with Gasteiger partial charge in [-0.25, -0.2) is 0 Å². The molecule has 0 aromatic carbocycles. The summed E-state index contributed by atoms with van der Waals surface area (Å²) >= 11 is 3.50. The van der Waals surface area contributed by atoms with Gasteiger partial charge in [-0.05, 0) is 34.5 Å². The van der Waals surface area contributed by atoms with Crippen molar-refractivity contribution in [2.75, 3.05) is 0 Å². The fourth-order valence-corrected chi connectivity index (χ4v) is 2.26. The molecule has 3 N–H and O–H groups in total. The lowest BCUT2D eigenvalue weighted by Gasteiger charge is -2.16. The molecule has 1 unspecified atom stereocenters. The van der Waals surface area contributed by atoms with Crippen LogP contribution in [-0.2, 0) is 0 Å². The molecule has 1 heterocycles. The van der Waals surface area contributed by atoms with Crippen molar-refractivity contribution in [1.29, 1.82) is 0 Å². The van der Waals surface area contributed by atoms with Crippen molar-refractivity contribution in [3.63, 3.8) is 0 Å². The van der Waals surface area contributed by atoms with Crippen molar-refractivity contribution in [2.45, 2.75) is 45.1 Å². The highest BCUT2D eigenvalue weighted by atomic mass is 79.9. The second kappa shape index (κ2) is 7.76. The van der Waals surface area contributed by atoms with Gasteiger partial charge in [0, 0.05) is 10.7 Å². The SMILES string of the molecule is CCCCCCC(NN)c1ncccc1Br. The van der Waals surface area contributed by atoms with Crippen molar-refractivity contribution in [2.24, 2.45) is 5.84 Å². The van der Waals surface area contributed by atoms with E-state index >= 15 is 0 Å². The molecule has 0 saturated carbocycles. The first kappa shape index (κ1) is 13.6. The van der Waals surface area contributed by atoms with Crippen LogP contribution in [0.4, 0.5) is 0 Å². The summed E-state index contributed by atoms with van der Waals surface area (Å²) in [7, 11) is 0. The number of hydrogen-bond acceptors (Lipinski definition) is 3. The second-order valence-electron chi connectivity index (χ2n) is 3.94. The summed E-state index contributed by atoms with van der Waals surface area (Å²) in [4.78, 5) is 4.36. The molecule has 0 aliphatic carbocycles. The van der Waals surface area contributed by atoms with Crippen molar-refractivity contribution in [3.8, 4) is 0 Å². The number of hydrazine groups is 1. The minimum Gasteiger partial charge on any atom is -0.271 e. The number of nitrogens with two attached hydrogens (primary N) is 1. The van der Waals surface area contributed by atoms with Gasteiger partial charge in [0.2, 0.25) is 0 Å². The molecule has 3 nitrogen and oxygen atoms in total. The molecule has 90 valence electrons. The van der Waals surface area contributed by atoms with Crippen LogP contribution >= 0.6 is 15.9 Å². The van der Waals surface area contributed by atoms with E-state index in [-0.39, 0.29) is 6.04 Å². The molecule has 0 bridgehead atoms. The van der Waals surface area contributed by atoms with Gasteiger partial charge in [-0.1, -0.05) is 32.6 Å². The van der Waals surface area contributed by atoms with E-state index in [1.807, 2.05) is 12.1 Å². The Bertz CT molecular complexity index is 304. The Morgan fingerprint density at radius 2 is 2.25 bits per heavy atom. The van der Waals surface area contributed by atoms with Crippen molar-refractivity contribution < 1.29 is 0 Å². The van der Waals surface area contributed by atoms with Gasteiger partial charge in [0.15, 0.2) is 0 Å². The number of rotatable bonds is 7. The number of nitrogens with one attached hydrogen (secondary N) is 1. The van der Waals surface area contributed by atoms with E-state index in [4.69, 9.17) is 5.84 Å². The first-order valence-electron chi connectivity index (χ1n) is 5.86. The van der Waals surface area contributed by atoms with Crippen LogP contribution in [0.15, 0.2) is 22.8 Å². The third kappa shape index (κ3) is 4.20. The Labute approximate surface area is 106 Å². The fourth-order valence-electron chi connectivity index (χ4n) is 1.73. The van der Waals surface area contributed by atoms with Crippen LogP contribution in [0.1, 0.15) is 50.8 Å². The van der Waals surface area contributed by atoms with E-state index in [0.29, 0.717) is 0 Å². The van der Waals surface area contributed by atoms with Gasteiger partial charge in [0.05, 0.1) is 11.7 Å². The minimum absolute atomic E-state index is 0.146. The van der Waals surface area contributed by atoms with Crippen LogP contribution in [-0.4, -0.2) is 4.98 Å². The predicted molar refractivity (Wildman–Crippen MR) is 70.8 cm³/mol. The minimum atomic E-state index is 0.146. The normalized spacial score (nSPS) is 12.7. The van der Waals surface area contributed by atoms with Crippen LogP contribution in [0.3, 0.4) is 0 Å². The molecule has 0 amide bonds. The van der Waals surface area contributed by atoms with Gasteiger partial charge in [-0.3, -0.25) is 16.3 Å². The highest BCUT2D eigenvalue weighted by Gasteiger charge is 2.13. The summed E-state index contributed by atoms with van der Waals surface area (Å²) in [5.41, 5.74) is 3.84. The topological polar surface area (TPSA) is 50.9 Å². The third-order valence-corrected chi connectivity index (χ3v) is 3.34. The van der Waals surface area contributed by atoms with Crippen molar-refractivity contribution in [3.05, 3.63) is 28.5 Å². The van der Waals surface area contributed by atoms with Gasteiger partial charge >= 0.3 is 0 Å². The largest absolute Gasteiger partial charge is 0.271 e. The molecule has 0 spiro atoms. The summed E-state index contributed by atoms with van der Waals surface area (Å²) in [5, 5.41) is 0. The molecule has 1 atom stereocenters. The number of unbranched alkanes of at least 4 members (excludes halogenated alkanes) is 3. The molecule has 0 aliphatic rings. The maximum absolute atomic E-state index is 5.58. The monoisotopic (exact) mass is 285 g/mol. The second-order valence-corrected chi connectivity index (χ2v) is 4.79. The van der Waals surface area contributed by atoms with Crippen LogP contribution in [0, 0.1) is 0 Å². The molecule has 16 heavy (non-hydrogen) atoms. The Morgan fingerprint density at radius 3 is 2.88 bits per heavy atom. The average Bonchev–Trinajstić information content (AvgIpc) is 2.31. The summed E-state index contributed by atoms with van der Waals surface area (Å²) < 4.78 is 1.02. The lowest BCUT2D eigenvalue weighted by atomic mass is 10.0. The van der Waals surface area contributed by atoms with Crippen LogP contribution in [0.25, 0.3) is 0 Å². The lowest BCUT2D eigenvalue weighted by Crippen LogP contribution is -2.28. The highest BCUT2D eigenvalue weighted by Crippen LogP contribution is 2.24. The van der Waals surface area contributed by atoms with Gasteiger partial charge in [-0.15, -0.1) is 0 Å². The van der Waals surface area contributed by atoms with Crippen LogP contribution in [0.5, 0.6) is 0 Å². The molecule has 0 saturated heterocycles. The molecule has 1 rings (SSSR count). The quantitative estimate of drug-likeness (QED) is 0.459. The Balaban J connectivity index is 2.51. The zero-order chi connectivity index (χ0) is 11.8. The van der Waals surface area contributed by atoms with E-state index < -0.39 is 0 Å². The summed E-state index contributed by atoms with van der Waals surface area (Å²) in [6, 6.07) is 4.06.